The van der Waals surface area contributed by atoms with Crippen molar-refractivity contribution >= 4 is 38.9 Å². The van der Waals surface area contributed by atoms with Crippen molar-refractivity contribution < 1.29 is 13.2 Å². The Hall–Kier alpha value is -2.56. The maximum Gasteiger partial charge on any atom is 0.245 e. The number of halogens is 1. The maximum absolute atomic E-state index is 12.3. The van der Waals surface area contributed by atoms with E-state index in [2.05, 4.69) is 5.32 Å². The molecule has 0 atom stereocenters. The average molecular weight is 364 g/mol. The van der Waals surface area contributed by atoms with Crippen molar-refractivity contribution in [3.8, 4) is 6.07 Å². The van der Waals surface area contributed by atoms with Crippen LogP contribution in [0.3, 0.4) is 0 Å². The van der Waals surface area contributed by atoms with Crippen molar-refractivity contribution in [1.82, 2.24) is 0 Å². The molecule has 0 spiro atoms. The molecule has 1 amide bonds. The Kier molecular flexibility index (Phi) is 5.44. The molecule has 0 saturated heterocycles. The lowest BCUT2D eigenvalue weighted by Crippen LogP contribution is -2.37. The second-order valence-corrected chi connectivity index (χ2v) is 7.24. The minimum Gasteiger partial charge on any atom is -0.323 e. The summed E-state index contributed by atoms with van der Waals surface area (Å²) in [5.74, 6) is -0.581. The maximum atomic E-state index is 12.3. The fraction of sp³-hybridized carbons (Fsp3) is 0.125. The number of benzene rings is 2. The highest BCUT2D eigenvalue weighted by atomic mass is 35.5. The SMILES string of the molecule is CS(=O)(=O)N(CC(=O)Nc1ccccc1C#N)c1ccccc1Cl. The number of carbonyl (C=O) groups excluding carboxylic acids is 1. The largest absolute Gasteiger partial charge is 0.323 e. The normalized spacial score (nSPS) is 10.7. The highest BCUT2D eigenvalue weighted by Crippen LogP contribution is 2.27. The first-order valence-electron chi connectivity index (χ1n) is 6.84. The molecule has 0 aromatic heterocycles. The third-order valence-corrected chi connectivity index (χ3v) is 4.58. The summed E-state index contributed by atoms with van der Waals surface area (Å²) in [7, 11) is -3.72. The van der Waals surface area contributed by atoms with Gasteiger partial charge in [0.05, 0.1) is 28.2 Å². The van der Waals surface area contributed by atoms with Crippen LogP contribution in [0.5, 0.6) is 0 Å². The number of rotatable bonds is 5. The molecule has 2 aromatic rings. The van der Waals surface area contributed by atoms with Gasteiger partial charge in [0, 0.05) is 0 Å². The fourth-order valence-corrected chi connectivity index (χ4v) is 3.20. The zero-order valence-corrected chi connectivity index (χ0v) is 14.3. The molecule has 0 bridgehead atoms. The van der Waals surface area contributed by atoms with Gasteiger partial charge < -0.3 is 5.32 Å². The predicted molar refractivity (Wildman–Crippen MR) is 93.4 cm³/mol. The molecule has 0 aliphatic rings. The van der Waals surface area contributed by atoms with Crippen molar-refractivity contribution in [1.29, 1.82) is 5.26 Å². The Morgan fingerprint density at radius 2 is 1.83 bits per heavy atom. The predicted octanol–water partition coefficient (Wildman–Crippen LogP) is 2.62. The summed E-state index contributed by atoms with van der Waals surface area (Å²) in [4.78, 5) is 12.3. The molecule has 8 heteroatoms. The van der Waals surface area contributed by atoms with Crippen molar-refractivity contribution in [2.75, 3.05) is 22.4 Å². The van der Waals surface area contributed by atoms with Gasteiger partial charge in [-0.1, -0.05) is 35.9 Å². The Labute approximate surface area is 145 Å². The molecule has 6 nitrogen and oxygen atoms in total. The lowest BCUT2D eigenvalue weighted by atomic mass is 10.2. The Morgan fingerprint density at radius 1 is 1.21 bits per heavy atom. The van der Waals surface area contributed by atoms with Gasteiger partial charge in [-0.05, 0) is 24.3 Å². The minimum absolute atomic E-state index is 0.213. The number of hydrogen-bond acceptors (Lipinski definition) is 4. The number of nitrogens with zero attached hydrogens (tertiary/aromatic N) is 2. The molecule has 0 radical (unpaired) electrons. The van der Waals surface area contributed by atoms with Crippen LogP contribution in [0.25, 0.3) is 0 Å². The van der Waals surface area contributed by atoms with Crippen LogP contribution in [0, 0.1) is 11.3 Å². The highest BCUT2D eigenvalue weighted by molar-refractivity contribution is 7.92. The van der Waals surface area contributed by atoms with Crippen molar-refractivity contribution in [2.24, 2.45) is 0 Å². The summed E-state index contributed by atoms with van der Waals surface area (Å²) in [6.45, 7) is -0.456. The zero-order chi connectivity index (χ0) is 17.7. The summed E-state index contributed by atoms with van der Waals surface area (Å²) in [6, 6.07) is 14.8. The van der Waals surface area contributed by atoms with Gasteiger partial charge >= 0.3 is 0 Å². The summed E-state index contributed by atoms with van der Waals surface area (Å²) in [5.41, 5.74) is 0.817. The van der Waals surface area contributed by atoms with Crippen LogP contribution in [0.15, 0.2) is 48.5 Å². The quantitative estimate of drug-likeness (QED) is 0.884. The first-order valence-corrected chi connectivity index (χ1v) is 9.07. The number of amides is 1. The van der Waals surface area contributed by atoms with Gasteiger partial charge in [0.2, 0.25) is 15.9 Å². The van der Waals surface area contributed by atoms with Crippen LogP contribution in [0.4, 0.5) is 11.4 Å². The Bertz CT molecular complexity index is 907. The molecule has 2 rings (SSSR count). The number of para-hydroxylation sites is 2. The number of sulfonamides is 1. The fourth-order valence-electron chi connectivity index (χ4n) is 2.04. The van der Waals surface area contributed by atoms with Crippen LogP contribution >= 0.6 is 11.6 Å². The van der Waals surface area contributed by atoms with Gasteiger partial charge in [0.1, 0.15) is 12.6 Å². The zero-order valence-electron chi connectivity index (χ0n) is 12.7. The monoisotopic (exact) mass is 363 g/mol. The van der Waals surface area contributed by atoms with Gasteiger partial charge in [0.15, 0.2) is 0 Å². The van der Waals surface area contributed by atoms with Gasteiger partial charge in [-0.2, -0.15) is 5.26 Å². The van der Waals surface area contributed by atoms with E-state index in [1.54, 1.807) is 36.4 Å². The lowest BCUT2D eigenvalue weighted by Gasteiger charge is -2.22. The number of carbonyl (C=O) groups is 1. The number of hydrogen-bond donors (Lipinski definition) is 1. The van der Waals surface area contributed by atoms with Gasteiger partial charge in [-0.3, -0.25) is 9.10 Å². The summed E-state index contributed by atoms with van der Waals surface area (Å²) < 4.78 is 25.0. The molecule has 2 aromatic carbocycles. The molecule has 0 aliphatic heterocycles. The molecule has 0 fully saturated rings. The molecule has 0 unspecified atom stereocenters. The molecular weight excluding hydrogens is 350 g/mol. The van der Waals surface area contributed by atoms with E-state index < -0.39 is 22.5 Å². The molecular formula is C16H14ClN3O3S. The first kappa shape index (κ1) is 17.8. The molecule has 1 N–H and O–H groups in total. The number of nitriles is 1. The summed E-state index contributed by atoms with van der Waals surface area (Å²) in [6.07, 6.45) is 0.993. The summed E-state index contributed by atoms with van der Waals surface area (Å²) in [5, 5.41) is 11.8. The van der Waals surface area contributed by atoms with E-state index in [1.165, 1.54) is 12.1 Å². The van der Waals surface area contributed by atoms with E-state index in [9.17, 15) is 13.2 Å². The van der Waals surface area contributed by atoms with E-state index in [4.69, 9.17) is 16.9 Å². The van der Waals surface area contributed by atoms with E-state index in [1.807, 2.05) is 6.07 Å². The summed E-state index contributed by atoms with van der Waals surface area (Å²) >= 11 is 6.04. The molecule has 24 heavy (non-hydrogen) atoms. The number of nitrogens with one attached hydrogen (secondary N) is 1. The van der Waals surface area contributed by atoms with Crippen LogP contribution in [-0.4, -0.2) is 27.1 Å². The van der Waals surface area contributed by atoms with Crippen molar-refractivity contribution in [2.45, 2.75) is 0 Å². The first-order chi connectivity index (χ1) is 11.3. The van der Waals surface area contributed by atoms with E-state index in [0.717, 1.165) is 10.6 Å². The lowest BCUT2D eigenvalue weighted by molar-refractivity contribution is -0.114. The van der Waals surface area contributed by atoms with E-state index >= 15 is 0 Å². The highest BCUT2D eigenvalue weighted by Gasteiger charge is 2.23. The van der Waals surface area contributed by atoms with Gasteiger partial charge in [-0.25, -0.2) is 8.42 Å². The van der Waals surface area contributed by atoms with Crippen molar-refractivity contribution in [3.63, 3.8) is 0 Å². The number of anilines is 2. The molecule has 0 heterocycles. The Morgan fingerprint density at radius 3 is 2.46 bits per heavy atom. The second-order valence-electron chi connectivity index (χ2n) is 4.93. The minimum atomic E-state index is -3.72. The standard InChI is InChI=1S/C16H14ClN3O3S/c1-24(22,23)20(15-9-5-3-7-13(15)17)11-16(21)19-14-8-4-2-6-12(14)10-18/h2-9H,11H2,1H3,(H,19,21). The van der Waals surface area contributed by atoms with E-state index in [0.29, 0.717) is 5.69 Å². The van der Waals surface area contributed by atoms with Gasteiger partial charge in [-0.15, -0.1) is 0 Å². The topological polar surface area (TPSA) is 90.3 Å². The van der Waals surface area contributed by atoms with Crippen LogP contribution in [0.1, 0.15) is 5.56 Å². The second kappa shape index (κ2) is 7.34. The van der Waals surface area contributed by atoms with Gasteiger partial charge in [0.25, 0.3) is 0 Å². The third-order valence-electron chi connectivity index (χ3n) is 3.13. The van der Waals surface area contributed by atoms with Crippen molar-refractivity contribution in [3.05, 3.63) is 59.1 Å². The molecule has 124 valence electrons. The molecule has 0 saturated carbocycles. The third kappa shape index (κ3) is 4.25. The van der Waals surface area contributed by atoms with E-state index in [-0.39, 0.29) is 16.3 Å². The van der Waals surface area contributed by atoms with Crippen LogP contribution in [-0.2, 0) is 14.8 Å². The Balaban J connectivity index is 2.27. The average Bonchev–Trinajstić information content (AvgIpc) is 2.53. The van der Waals surface area contributed by atoms with Crippen LogP contribution < -0.4 is 9.62 Å². The molecule has 0 aliphatic carbocycles. The smallest absolute Gasteiger partial charge is 0.245 e. The van der Waals surface area contributed by atoms with Crippen LogP contribution in [0.2, 0.25) is 5.02 Å².